The number of rotatable bonds is 0. The minimum absolute atomic E-state index is 0. The molecule has 8 nitrogen and oxygen atoms in total. The summed E-state index contributed by atoms with van der Waals surface area (Å²) in [5.74, 6) is 0. The molecule has 0 aliphatic rings. The fourth-order valence-corrected chi connectivity index (χ4v) is 0. The van der Waals surface area contributed by atoms with Gasteiger partial charge >= 0.3 is 50.3 Å². The Bertz CT molecular complexity index is 75.4. The van der Waals surface area contributed by atoms with Crippen LogP contribution in [0.4, 0.5) is 9.59 Å². The van der Waals surface area contributed by atoms with Gasteiger partial charge in [0.05, 0.1) is 0 Å². The van der Waals surface area contributed by atoms with Gasteiger partial charge in [0.25, 0.3) is 0 Å². The quantitative estimate of drug-likeness (QED) is 0.421. The predicted octanol–water partition coefficient (Wildman–Crippen LogP) is -5.26. The summed E-state index contributed by atoms with van der Waals surface area (Å²) in [5, 5.41) is 33.3. The summed E-state index contributed by atoms with van der Waals surface area (Å²) in [5.41, 5.74) is 0. The van der Waals surface area contributed by atoms with Gasteiger partial charge in [0.15, 0.2) is 0 Å². The third kappa shape index (κ3) is 2830000. The summed E-state index contributed by atoms with van der Waals surface area (Å²) < 4.78 is 0. The Labute approximate surface area is 104 Å². The van der Waals surface area contributed by atoms with Crippen molar-refractivity contribution in [3.63, 3.8) is 0 Å². The van der Waals surface area contributed by atoms with Crippen molar-refractivity contribution in [1.82, 2.24) is 0 Å². The summed E-state index contributed by atoms with van der Waals surface area (Å²) in [6, 6.07) is 0. The molecular formula is C2H2Co3O8. The average molecular weight is 331 g/mol. The first-order valence-electron chi connectivity index (χ1n) is 1.22. The van der Waals surface area contributed by atoms with E-state index in [0.717, 1.165) is 0 Å². The van der Waals surface area contributed by atoms with Crippen LogP contribution in [0.2, 0.25) is 0 Å². The number of carboxylic acid groups (broad SMARTS) is 4. The fraction of sp³-hybridized carbons (Fsp3) is 0. The van der Waals surface area contributed by atoms with Crippen molar-refractivity contribution >= 4 is 12.3 Å². The molecule has 0 aromatic heterocycles. The fourth-order valence-electron chi connectivity index (χ4n) is 0. The molecule has 2 N–H and O–H groups in total. The number of hydrogen-bond donors (Lipinski definition) is 0. The average Bonchev–Trinajstić information content (AvgIpc) is 1.25. The summed E-state index contributed by atoms with van der Waals surface area (Å²) >= 11 is 0. The molecule has 0 aliphatic heterocycles. The molecule has 0 amide bonds. The third-order valence-corrected chi connectivity index (χ3v) is 0. The van der Waals surface area contributed by atoms with Crippen LogP contribution in [0.1, 0.15) is 0 Å². The Morgan fingerprint density at radius 2 is 0.615 bits per heavy atom. The molecule has 0 spiro atoms. The van der Waals surface area contributed by atoms with E-state index in [-0.39, 0.29) is 61.3 Å². The Morgan fingerprint density at radius 1 is 0.615 bits per heavy atom. The second kappa shape index (κ2) is 40.4. The van der Waals surface area contributed by atoms with Crippen LogP contribution in [0.15, 0.2) is 0 Å². The molecule has 0 aromatic carbocycles. The monoisotopic (exact) mass is 331 g/mol. The smallest absolute Gasteiger partial charge is 0.870 e. The minimum atomic E-state index is -2.33. The van der Waals surface area contributed by atoms with Gasteiger partial charge in [0.2, 0.25) is 0 Å². The molecule has 85 valence electrons. The van der Waals surface area contributed by atoms with E-state index in [1.54, 1.807) is 0 Å². The summed E-state index contributed by atoms with van der Waals surface area (Å²) in [6.45, 7) is 0. The van der Waals surface area contributed by atoms with Crippen molar-refractivity contribution in [2.45, 2.75) is 0 Å². The topological polar surface area (TPSA) is 186 Å². The standard InChI is InChI=1S/2CH2O3.3Co.2H2O/c2*2-1(3)4;;;;;/h2*(H2,2,3,4);;;;2*1H2/q;;3*+2;;/p-6. The Balaban J connectivity index is -0.00000000800. The minimum Gasteiger partial charge on any atom is -0.870 e. The molecule has 0 unspecified atom stereocenters. The number of hydrogen-bond acceptors (Lipinski definition) is 8. The number of carbonyl (C=O) groups is 2. The van der Waals surface area contributed by atoms with Crippen molar-refractivity contribution in [2.75, 3.05) is 0 Å². The van der Waals surface area contributed by atoms with Gasteiger partial charge in [-0.3, -0.25) is 0 Å². The molecule has 0 rings (SSSR count). The van der Waals surface area contributed by atoms with E-state index in [2.05, 4.69) is 0 Å². The van der Waals surface area contributed by atoms with Crippen LogP contribution in [-0.2, 0) is 50.3 Å². The molecule has 0 saturated heterocycles. The molecule has 0 aromatic rings. The van der Waals surface area contributed by atoms with Gasteiger partial charge in [-0.05, 0) is 12.3 Å². The van der Waals surface area contributed by atoms with Crippen LogP contribution in [0.3, 0.4) is 0 Å². The first-order chi connectivity index (χ1) is 3.46. The normalized spacial score (nSPS) is 3.69. The molecule has 0 atom stereocenters. The zero-order valence-corrected chi connectivity index (χ0v) is 8.47. The van der Waals surface area contributed by atoms with E-state index in [1.807, 2.05) is 0 Å². The number of carbonyl (C=O) groups excluding carboxylic acids is 2. The van der Waals surface area contributed by atoms with E-state index >= 15 is 0 Å². The van der Waals surface area contributed by atoms with Gasteiger partial charge in [0, 0.05) is 0 Å². The van der Waals surface area contributed by atoms with Crippen molar-refractivity contribution in [2.24, 2.45) is 0 Å². The van der Waals surface area contributed by atoms with Gasteiger partial charge in [-0.15, -0.1) is 0 Å². The second-order valence-corrected chi connectivity index (χ2v) is 0.500. The molecule has 3 radical (unpaired) electrons. The van der Waals surface area contributed by atoms with E-state index in [0.29, 0.717) is 0 Å². The van der Waals surface area contributed by atoms with Crippen molar-refractivity contribution in [1.29, 1.82) is 0 Å². The zero-order chi connectivity index (χ0) is 7.15. The van der Waals surface area contributed by atoms with E-state index in [4.69, 9.17) is 30.0 Å². The van der Waals surface area contributed by atoms with Gasteiger partial charge in [-0.25, -0.2) is 0 Å². The molecule has 0 saturated carbocycles. The van der Waals surface area contributed by atoms with Crippen LogP contribution in [0.5, 0.6) is 0 Å². The molecule has 0 aliphatic carbocycles. The molecular weight excluding hydrogens is 329 g/mol. The second-order valence-electron chi connectivity index (χ2n) is 0.500. The first kappa shape index (κ1) is 52.1. The molecule has 0 heterocycles. The van der Waals surface area contributed by atoms with Gasteiger partial charge in [0.1, 0.15) is 0 Å². The van der Waals surface area contributed by atoms with E-state index in [9.17, 15) is 0 Å². The largest absolute Gasteiger partial charge is 2.00 e. The van der Waals surface area contributed by atoms with Crippen LogP contribution in [-0.4, -0.2) is 23.3 Å². The maximum Gasteiger partial charge on any atom is 2.00 e. The molecule has 13 heavy (non-hydrogen) atoms. The van der Waals surface area contributed by atoms with Gasteiger partial charge < -0.3 is 41.0 Å². The predicted molar refractivity (Wildman–Crippen MR) is 14.7 cm³/mol. The molecule has 0 bridgehead atoms. The van der Waals surface area contributed by atoms with Gasteiger partial charge in [-0.2, -0.15) is 0 Å². The summed E-state index contributed by atoms with van der Waals surface area (Å²) in [7, 11) is 0. The maximum atomic E-state index is 8.33. The Hall–Kier alpha value is -0.0205. The van der Waals surface area contributed by atoms with Crippen molar-refractivity contribution in [3.8, 4) is 0 Å². The van der Waals surface area contributed by atoms with Crippen LogP contribution in [0, 0.1) is 0 Å². The first-order valence-corrected chi connectivity index (χ1v) is 1.22. The third-order valence-electron chi connectivity index (χ3n) is 0. The Morgan fingerprint density at radius 3 is 0.615 bits per heavy atom. The van der Waals surface area contributed by atoms with E-state index in [1.165, 1.54) is 0 Å². The van der Waals surface area contributed by atoms with Crippen molar-refractivity contribution < 1.29 is 91.3 Å². The zero-order valence-electron chi connectivity index (χ0n) is 5.34. The van der Waals surface area contributed by atoms with Crippen LogP contribution in [0.25, 0.3) is 0 Å². The van der Waals surface area contributed by atoms with Gasteiger partial charge in [-0.1, -0.05) is 0 Å². The summed E-state index contributed by atoms with van der Waals surface area (Å²) in [6.07, 6.45) is -4.67. The van der Waals surface area contributed by atoms with Crippen LogP contribution < -0.4 is 20.4 Å². The maximum absolute atomic E-state index is 8.33. The Kier molecular flexibility index (Phi) is 162. The molecule has 0 fully saturated rings. The molecule has 11 heteroatoms. The van der Waals surface area contributed by atoms with Crippen LogP contribution >= 0.6 is 0 Å². The van der Waals surface area contributed by atoms with Crippen molar-refractivity contribution in [3.05, 3.63) is 0 Å². The SMILES string of the molecule is O=C([O-])[O-].O=C([O-])[O-].[Co+2].[Co+2].[Co+2].[OH-].[OH-]. The van der Waals surface area contributed by atoms with E-state index < -0.39 is 12.3 Å². The summed E-state index contributed by atoms with van der Waals surface area (Å²) in [4.78, 5) is 16.7.